The van der Waals surface area contributed by atoms with E-state index in [1.54, 1.807) is 0 Å². The Kier molecular flexibility index (Phi) is 4.49. The zero-order valence-corrected chi connectivity index (χ0v) is 13.5. The molecule has 1 fully saturated rings. The summed E-state index contributed by atoms with van der Waals surface area (Å²) in [6.07, 6.45) is 2.69. The zero-order chi connectivity index (χ0) is 13.3. The molecule has 0 bridgehead atoms. The van der Waals surface area contributed by atoms with Crippen molar-refractivity contribution in [3.8, 4) is 0 Å². The fourth-order valence-corrected chi connectivity index (χ4v) is 3.27. The average molecular weight is 314 g/mol. The minimum atomic E-state index is 0.672. The molecule has 1 aromatic heterocycles. The normalized spacial score (nSPS) is 25.6. The van der Waals surface area contributed by atoms with E-state index in [9.17, 15) is 0 Å². The van der Waals surface area contributed by atoms with E-state index in [0.29, 0.717) is 6.04 Å². The van der Waals surface area contributed by atoms with Crippen molar-refractivity contribution in [2.45, 2.75) is 59.7 Å². The fraction of sp³-hybridized carbons (Fsp3) is 0.786. The van der Waals surface area contributed by atoms with Crippen molar-refractivity contribution in [2.24, 2.45) is 5.92 Å². The predicted molar refractivity (Wildman–Crippen MR) is 78.6 cm³/mol. The highest BCUT2D eigenvalue weighted by Gasteiger charge is 2.26. The number of aromatic nitrogens is 2. The molecule has 0 amide bonds. The Bertz CT molecular complexity index is 413. The smallest absolute Gasteiger partial charge is 0.0739 e. The van der Waals surface area contributed by atoms with E-state index < -0.39 is 0 Å². The van der Waals surface area contributed by atoms with Crippen LogP contribution in [0.25, 0.3) is 0 Å². The Labute approximate surface area is 119 Å². The molecule has 4 heteroatoms. The molecule has 0 spiro atoms. The molecule has 18 heavy (non-hydrogen) atoms. The van der Waals surface area contributed by atoms with Gasteiger partial charge in [-0.15, -0.1) is 0 Å². The molecule has 1 aliphatic rings. The number of nitrogens with zero attached hydrogens (tertiary/aromatic N) is 3. The molecule has 1 aromatic rings. The minimum Gasteiger partial charge on any atom is -0.295 e. The van der Waals surface area contributed by atoms with Crippen LogP contribution in [0.2, 0.25) is 0 Å². The summed E-state index contributed by atoms with van der Waals surface area (Å²) in [6.45, 7) is 12.1. The van der Waals surface area contributed by atoms with E-state index >= 15 is 0 Å². The highest BCUT2D eigenvalue weighted by molar-refractivity contribution is 9.10. The van der Waals surface area contributed by atoms with Gasteiger partial charge in [-0.2, -0.15) is 5.10 Å². The van der Waals surface area contributed by atoms with Crippen molar-refractivity contribution in [1.29, 1.82) is 0 Å². The van der Waals surface area contributed by atoms with Crippen LogP contribution in [-0.4, -0.2) is 27.3 Å². The van der Waals surface area contributed by atoms with Crippen LogP contribution in [0, 0.1) is 12.8 Å². The monoisotopic (exact) mass is 313 g/mol. The summed E-state index contributed by atoms with van der Waals surface area (Å²) >= 11 is 3.69. The molecular formula is C14H24BrN3. The second-order valence-electron chi connectivity index (χ2n) is 5.49. The Hall–Kier alpha value is -0.350. The van der Waals surface area contributed by atoms with E-state index in [4.69, 9.17) is 0 Å². The van der Waals surface area contributed by atoms with E-state index in [-0.39, 0.29) is 0 Å². The molecule has 0 N–H and O–H groups in total. The van der Waals surface area contributed by atoms with Crippen LogP contribution < -0.4 is 0 Å². The molecule has 1 aliphatic heterocycles. The van der Waals surface area contributed by atoms with E-state index in [0.717, 1.165) is 24.7 Å². The number of piperidine rings is 1. The average Bonchev–Trinajstić information content (AvgIpc) is 2.62. The second kappa shape index (κ2) is 5.74. The quantitative estimate of drug-likeness (QED) is 0.850. The third-order valence-electron chi connectivity index (χ3n) is 4.31. The third kappa shape index (κ3) is 2.64. The van der Waals surface area contributed by atoms with Gasteiger partial charge < -0.3 is 0 Å². The maximum atomic E-state index is 4.58. The molecule has 102 valence electrons. The number of rotatable bonds is 3. The van der Waals surface area contributed by atoms with Crippen molar-refractivity contribution in [2.75, 3.05) is 6.54 Å². The van der Waals surface area contributed by atoms with Crippen LogP contribution in [-0.2, 0) is 13.1 Å². The van der Waals surface area contributed by atoms with Gasteiger partial charge in [0.2, 0.25) is 0 Å². The lowest BCUT2D eigenvalue weighted by Crippen LogP contribution is -2.42. The molecule has 3 nitrogen and oxygen atoms in total. The fourth-order valence-electron chi connectivity index (χ4n) is 2.86. The summed E-state index contributed by atoms with van der Waals surface area (Å²) in [4.78, 5) is 2.60. The number of aryl methyl sites for hydroxylation is 2. The number of hydrogen-bond donors (Lipinski definition) is 0. The van der Waals surface area contributed by atoms with Crippen LogP contribution in [0.1, 0.15) is 45.0 Å². The molecule has 0 aromatic carbocycles. The van der Waals surface area contributed by atoms with Gasteiger partial charge in [0.05, 0.1) is 15.9 Å². The van der Waals surface area contributed by atoms with Gasteiger partial charge in [0.25, 0.3) is 0 Å². The molecule has 2 atom stereocenters. The minimum absolute atomic E-state index is 0.672. The Morgan fingerprint density at radius 2 is 2.11 bits per heavy atom. The van der Waals surface area contributed by atoms with Crippen molar-refractivity contribution in [3.05, 3.63) is 15.9 Å². The highest BCUT2D eigenvalue weighted by Crippen LogP contribution is 2.28. The lowest BCUT2D eigenvalue weighted by atomic mass is 9.92. The lowest BCUT2D eigenvalue weighted by Gasteiger charge is -2.38. The van der Waals surface area contributed by atoms with Crippen LogP contribution in [0.15, 0.2) is 4.47 Å². The van der Waals surface area contributed by atoms with Crippen LogP contribution in [0.5, 0.6) is 0 Å². The molecule has 0 aliphatic carbocycles. The zero-order valence-electron chi connectivity index (χ0n) is 11.9. The molecule has 2 unspecified atom stereocenters. The molecule has 1 saturated heterocycles. The van der Waals surface area contributed by atoms with E-state index in [1.807, 2.05) is 0 Å². The largest absolute Gasteiger partial charge is 0.295 e. The lowest BCUT2D eigenvalue weighted by molar-refractivity contribution is 0.103. The van der Waals surface area contributed by atoms with Crippen molar-refractivity contribution >= 4 is 15.9 Å². The van der Waals surface area contributed by atoms with Crippen LogP contribution in [0.3, 0.4) is 0 Å². The first-order chi connectivity index (χ1) is 8.54. The summed E-state index contributed by atoms with van der Waals surface area (Å²) < 4.78 is 3.32. The molecule has 0 saturated carbocycles. The maximum Gasteiger partial charge on any atom is 0.0739 e. The van der Waals surface area contributed by atoms with Gasteiger partial charge in [0.1, 0.15) is 0 Å². The Balaban J connectivity index is 2.18. The number of likely N-dealkylation sites (tertiary alicyclic amines) is 1. The molecular weight excluding hydrogens is 290 g/mol. The summed E-state index contributed by atoms with van der Waals surface area (Å²) in [5, 5.41) is 4.58. The highest BCUT2D eigenvalue weighted by atomic mass is 79.9. The first kappa shape index (κ1) is 14.1. The third-order valence-corrected chi connectivity index (χ3v) is 5.34. The van der Waals surface area contributed by atoms with Crippen LogP contribution in [0.4, 0.5) is 0 Å². The number of hydrogen-bond acceptors (Lipinski definition) is 2. The van der Waals surface area contributed by atoms with Crippen molar-refractivity contribution in [1.82, 2.24) is 14.7 Å². The Morgan fingerprint density at radius 3 is 2.78 bits per heavy atom. The second-order valence-corrected chi connectivity index (χ2v) is 6.29. The predicted octanol–water partition coefficient (Wildman–Crippen LogP) is 3.59. The van der Waals surface area contributed by atoms with Gasteiger partial charge >= 0.3 is 0 Å². The first-order valence-corrected chi connectivity index (χ1v) is 7.79. The van der Waals surface area contributed by atoms with Crippen LogP contribution >= 0.6 is 15.9 Å². The first-order valence-electron chi connectivity index (χ1n) is 7.00. The van der Waals surface area contributed by atoms with Crippen molar-refractivity contribution < 1.29 is 0 Å². The van der Waals surface area contributed by atoms with Gasteiger partial charge in [-0.3, -0.25) is 9.58 Å². The number of halogens is 1. The topological polar surface area (TPSA) is 21.1 Å². The summed E-state index contributed by atoms with van der Waals surface area (Å²) in [7, 11) is 0. The standard InChI is InChI=1S/C14H24BrN3/c1-5-18-13(14(15)11(3)16-18)9-17-8-6-7-10(2)12(17)4/h10,12H,5-9H2,1-4H3. The van der Waals surface area contributed by atoms with E-state index in [2.05, 4.69) is 58.3 Å². The van der Waals surface area contributed by atoms with E-state index in [1.165, 1.54) is 29.6 Å². The summed E-state index contributed by atoms with van der Waals surface area (Å²) in [5.41, 5.74) is 2.43. The van der Waals surface area contributed by atoms with Gasteiger partial charge in [0.15, 0.2) is 0 Å². The molecule has 0 radical (unpaired) electrons. The van der Waals surface area contributed by atoms with Gasteiger partial charge in [-0.05, 0) is 62.0 Å². The SMILES string of the molecule is CCn1nc(C)c(Br)c1CN1CCCC(C)C1C. The molecule has 2 heterocycles. The molecule has 2 rings (SSSR count). The van der Waals surface area contributed by atoms with Gasteiger partial charge in [-0.1, -0.05) is 6.92 Å². The van der Waals surface area contributed by atoms with Gasteiger partial charge in [0, 0.05) is 19.1 Å². The van der Waals surface area contributed by atoms with Crippen molar-refractivity contribution in [3.63, 3.8) is 0 Å². The Morgan fingerprint density at radius 1 is 1.39 bits per heavy atom. The van der Waals surface area contributed by atoms with Gasteiger partial charge in [-0.25, -0.2) is 0 Å². The summed E-state index contributed by atoms with van der Waals surface area (Å²) in [5.74, 6) is 0.802. The maximum absolute atomic E-state index is 4.58. The summed E-state index contributed by atoms with van der Waals surface area (Å²) in [6, 6.07) is 0.672.